The molecule has 1 aliphatic rings. The van der Waals surface area contributed by atoms with Crippen LogP contribution in [0.15, 0.2) is 29.4 Å². The molecule has 1 amide bonds. The number of benzene rings is 1. The second-order valence-corrected chi connectivity index (χ2v) is 7.07. The van der Waals surface area contributed by atoms with Gasteiger partial charge in [0, 0.05) is 26.7 Å². The molecule has 11 heteroatoms. The Morgan fingerprint density at radius 3 is 2.53 bits per heavy atom. The normalized spacial score (nSPS) is 13.7. The molecule has 0 aliphatic carbocycles. The number of nitrogens with two attached hydrogens (primary N) is 2. The first-order valence-electron chi connectivity index (χ1n) is 10.3. The molecule has 1 aromatic carbocycles. The van der Waals surface area contributed by atoms with Gasteiger partial charge in [0.05, 0.1) is 13.2 Å². The number of nitrogens with one attached hydrogen (secondary N) is 2. The Bertz CT molecular complexity index is 921. The number of carbonyl (C=O) groups excluding carboxylic acids is 1. The van der Waals surface area contributed by atoms with E-state index in [-0.39, 0.29) is 23.9 Å². The molecule has 0 bridgehead atoms. The van der Waals surface area contributed by atoms with Crippen LogP contribution in [0.3, 0.4) is 0 Å². The Labute approximate surface area is 187 Å². The summed E-state index contributed by atoms with van der Waals surface area (Å²) in [5.74, 6) is 5.23. The van der Waals surface area contributed by atoms with Gasteiger partial charge in [-0.1, -0.05) is 19.1 Å². The van der Waals surface area contributed by atoms with E-state index in [4.69, 9.17) is 16.3 Å². The van der Waals surface area contributed by atoms with Crippen LogP contribution in [0.5, 0.6) is 0 Å². The zero-order chi connectivity index (χ0) is 23.5. The van der Waals surface area contributed by atoms with Gasteiger partial charge in [-0.25, -0.2) is 25.3 Å². The quantitative estimate of drug-likeness (QED) is 0.217. The highest BCUT2D eigenvalue weighted by Gasteiger charge is 2.13. The lowest BCUT2D eigenvalue weighted by molar-refractivity contribution is 0.0945. The lowest BCUT2D eigenvalue weighted by Gasteiger charge is -2.10. The van der Waals surface area contributed by atoms with E-state index >= 15 is 0 Å². The summed E-state index contributed by atoms with van der Waals surface area (Å²) in [6.45, 7) is 7.60. The number of aryl methyl sites for hydroxylation is 2. The Balaban J connectivity index is 0.000000520. The van der Waals surface area contributed by atoms with E-state index in [1.165, 1.54) is 19.2 Å². The van der Waals surface area contributed by atoms with Crippen LogP contribution in [0.1, 0.15) is 40.1 Å². The highest BCUT2D eigenvalue weighted by Crippen LogP contribution is 2.11. The number of amidine groups is 1. The van der Waals surface area contributed by atoms with E-state index in [0.29, 0.717) is 23.5 Å². The number of hydrazine groups is 1. The van der Waals surface area contributed by atoms with Gasteiger partial charge in [-0.15, -0.1) is 5.10 Å². The first-order chi connectivity index (χ1) is 15.3. The maximum absolute atomic E-state index is 13.5. The van der Waals surface area contributed by atoms with E-state index < -0.39 is 5.91 Å². The minimum Gasteiger partial charge on any atom is -0.380 e. The third kappa shape index (κ3) is 8.17. The summed E-state index contributed by atoms with van der Waals surface area (Å²) < 4.78 is 18.6. The number of hydrogen-bond donors (Lipinski definition) is 4. The molecule has 0 radical (unpaired) electrons. The molecule has 1 saturated heterocycles. The molecule has 1 fully saturated rings. The number of nitrogens with zero attached hydrogens (tertiary/aromatic N) is 4. The van der Waals surface area contributed by atoms with Crippen molar-refractivity contribution in [1.82, 2.24) is 25.7 Å². The van der Waals surface area contributed by atoms with Gasteiger partial charge in [0.2, 0.25) is 0 Å². The number of rotatable bonds is 6. The third-order valence-corrected chi connectivity index (χ3v) is 4.39. The number of hydrogen-bond acceptors (Lipinski definition) is 8. The molecular formula is C21H31FN8O2. The predicted octanol–water partition coefficient (Wildman–Crippen LogP) is 0.449. The zero-order valence-electron chi connectivity index (χ0n) is 18.7. The van der Waals surface area contributed by atoms with Crippen molar-refractivity contribution in [2.45, 2.75) is 26.8 Å². The topological polar surface area (TPSA) is 144 Å². The zero-order valence-corrected chi connectivity index (χ0v) is 18.7. The standard InChI is InChI=1S/C17H22FN7O.C4H9NO/c1-4-12-7-11(5-6-13(12)18)9-21-17(26)15-8-14(22-10(2)23-15)16(19)24-25(3)20;1-3-6-4-2-5-1/h5-8H,4,9,20H2,1-3H3,(H2,19,24)(H,21,26);5H,1-4H2. The first-order valence-corrected chi connectivity index (χ1v) is 10.3. The van der Waals surface area contributed by atoms with Gasteiger partial charge in [0.25, 0.3) is 5.91 Å². The molecule has 0 spiro atoms. The summed E-state index contributed by atoms with van der Waals surface area (Å²) in [6.07, 6.45) is 0.580. The number of morpholine rings is 1. The second kappa shape index (κ2) is 12.6. The second-order valence-electron chi connectivity index (χ2n) is 7.07. The van der Waals surface area contributed by atoms with Crippen LogP contribution >= 0.6 is 0 Å². The monoisotopic (exact) mass is 446 g/mol. The van der Waals surface area contributed by atoms with Gasteiger partial charge in [-0.05, 0) is 36.6 Å². The molecule has 0 atom stereocenters. The van der Waals surface area contributed by atoms with Crippen molar-refractivity contribution in [3.63, 3.8) is 0 Å². The minimum absolute atomic E-state index is 0.0701. The summed E-state index contributed by atoms with van der Waals surface area (Å²) >= 11 is 0. The van der Waals surface area contributed by atoms with Gasteiger partial charge < -0.3 is 21.1 Å². The number of hydrazone groups is 1. The largest absolute Gasteiger partial charge is 0.380 e. The summed E-state index contributed by atoms with van der Waals surface area (Å²) in [5.41, 5.74) is 7.68. The van der Waals surface area contributed by atoms with Crippen molar-refractivity contribution in [3.8, 4) is 0 Å². The molecule has 174 valence electrons. The average molecular weight is 447 g/mol. The highest BCUT2D eigenvalue weighted by atomic mass is 19.1. The molecule has 0 unspecified atom stereocenters. The fourth-order valence-corrected chi connectivity index (χ4v) is 2.83. The number of amides is 1. The lowest BCUT2D eigenvalue weighted by atomic mass is 10.1. The molecule has 10 nitrogen and oxygen atoms in total. The molecule has 2 heterocycles. The Kier molecular flexibility index (Phi) is 9.92. The SMILES string of the molecule is C1COCCN1.CCc1cc(CNC(=O)c2cc(/C(N)=N/N(C)N)nc(C)n2)ccc1F. The molecular weight excluding hydrogens is 415 g/mol. The van der Waals surface area contributed by atoms with Crippen molar-refractivity contribution in [3.05, 3.63) is 58.4 Å². The number of ether oxygens (including phenoxy) is 1. The maximum Gasteiger partial charge on any atom is 0.270 e. The number of carbonyl (C=O) groups is 1. The van der Waals surface area contributed by atoms with Gasteiger partial charge in [0.1, 0.15) is 23.0 Å². The van der Waals surface area contributed by atoms with Crippen LogP contribution in [-0.2, 0) is 17.7 Å². The Hall–Kier alpha value is -3.15. The van der Waals surface area contributed by atoms with E-state index in [1.54, 1.807) is 19.1 Å². The molecule has 1 aromatic heterocycles. The Morgan fingerprint density at radius 2 is 1.97 bits per heavy atom. The van der Waals surface area contributed by atoms with Crippen molar-refractivity contribution in [1.29, 1.82) is 0 Å². The van der Waals surface area contributed by atoms with Crippen LogP contribution in [0.25, 0.3) is 0 Å². The van der Waals surface area contributed by atoms with Crippen LogP contribution in [0.2, 0.25) is 0 Å². The summed E-state index contributed by atoms with van der Waals surface area (Å²) in [4.78, 5) is 20.7. The van der Waals surface area contributed by atoms with E-state index in [0.717, 1.165) is 37.0 Å². The molecule has 0 saturated carbocycles. The van der Waals surface area contributed by atoms with Crippen molar-refractivity contribution in [2.24, 2.45) is 16.7 Å². The summed E-state index contributed by atoms with van der Waals surface area (Å²) in [7, 11) is 1.52. The highest BCUT2D eigenvalue weighted by molar-refractivity contribution is 5.99. The molecule has 32 heavy (non-hydrogen) atoms. The van der Waals surface area contributed by atoms with Crippen LogP contribution in [-0.4, -0.2) is 60.2 Å². The van der Waals surface area contributed by atoms with Gasteiger partial charge >= 0.3 is 0 Å². The average Bonchev–Trinajstić information content (AvgIpc) is 2.79. The van der Waals surface area contributed by atoms with Gasteiger partial charge in [-0.3, -0.25) is 4.79 Å². The number of aromatic nitrogens is 2. The van der Waals surface area contributed by atoms with E-state index in [2.05, 4.69) is 25.7 Å². The van der Waals surface area contributed by atoms with Gasteiger partial charge in [-0.2, -0.15) is 0 Å². The predicted molar refractivity (Wildman–Crippen MR) is 120 cm³/mol. The van der Waals surface area contributed by atoms with Crippen molar-refractivity contribution >= 4 is 11.7 Å². The van der Waals surface area contributed by atoms with Crippen LogP contribution in [0.4, 0.5) is 4.39 Å². The van der Waals surface area contributed by atoms with Gasteiger partial charge in [0.15, 0.2) is 5.84 Å². The smallest absolute Gasteiger partial charge is 0.270 e. The Morgan fingerprint density at radius 1 is 1.28 bits per heavy atom. The fourth-order valence-electron chi connectivity index (χ4n) is 2.83. The summed E-state index contributed by atoms with van der Waals surface area (Å²) in [6, 6.07) is 6.20. The molecule has 1 aliphatic heterocycles. The van der Waals surface area contributed by atoms with Crippen molar-refractivity contribution < 1.29 is 13.9 Å². The molecule has 2 aromatic rings. The number of halogens is 1. The van der Waals surface area contributed by atoms with E-state index in [9.17, 15) is 9.18 Å². The van der Waals surface area contributed by atoms with Crippen molar-refractivity contribution in [2.75, 3.05) is 33.4 Å². The van der Waals surface area contributed by atoms with E-state index in [1.807, 2.05) is 6.92 Å². The third-order valence-electron chi connectivity index (χ3n) is 4.39. The lowest BCUT2D eigenvalue weighted by Crippen LogP contribution is -2.30. The molecule has 6 N–H and O–H groups in total. The molecule has 3 rings (SSSR count). The van der Waals surface area contributed by atoms with Crippen LogP contribution < -0.4 is 22.2 Å². The van der Waals surface area contributed by atoms with Crippen LogP contribution in [0, 0.1) is 12.7 Å². The minimum atomic E-state index is -0.395. The fraction of sp³-hybridized carbons (Fsp3) is 0.429. The summed E-state index contributed by atoms with van der Waals surface area (Å²) in [5, 5.41) is 10.8. The first kappa shape index (κ1) is 25.1. The maximum atomic E-state index is 13.5.